The highest BCUT2D eigenvalue weighted by molar-refractivity contribution is 5.94. The van der Waals surface area contributed by atoms with Crippen LogP contribution in [0.25, 0.3) is 0 Å². The van der Waals surface area contributed by atoms with Gasteiger partial charge in [0.25, 0.3) is 5.91 Å². The van der Waals surface area contributed by atoms with E-state index in [0.717, 1.165) is 12.8 Å². The molecule has 0 saturated carbocycles. The summed E-state index contributed by atoms with van der Waals surface area (Å²) in [7, 11) is 0. The van der Waals surface area contributed by atoms with Gasteiger partial charge in [-0.1, -0.05) is 0 Å². The molecule has 0 radical (unpaired) electrons. The van der Waals surface area contributed by atoms with Crippen LogP contribution in [0.3, 0.4) is 0 Å². The molecular weight excluding hydrogens is 282 g/mol. The first-order chi connectivity index (χ1) is 10.8. The highest BCUT2D eigenvalue weighted by Gasteiger charge is 2.25. The Bertz CT molecular complexity index is 603. The van der Waals surface area contributed by atoms with Gasteiger partial charge < -0.3 is 9.64 Å². The van der Waals surface area contributed by atoms with Crippen LogP contribution in [0.4, 0.5) is 0 Å². The van der Waals surface area contributed by atoms with E-state index in [0.29, 0.717) is 31.1 Å². The van der Waals surface area contributed by atoms with Gasteiger partial charge in [0.15, 0.2) is 0 Å². The van der Waals surface area contributed by atoms with Crippen molar-refractivity contribution in [2.45, 2.75) is 25.8 Å². The van der Waals surface area contributed by atoms with Gasteiger partial charge in [-0.2, -0.15) is 15.0 Å². The van der Waals surface area contributed by atoms with E-state index in [9.17, 15) is 4.79 Å². The molecule has 0 aliphatic carbocycles. The average molecular weight is 301 g/mol. The van der Waals surface area contributed by atoms with Crippen LogP contribution in [0.1, 0.15) is 36.2 Å². The van der Waals surface area contributed by atoms with Crippen molar-refractivity contribution in [3.05, 3.63) is 36.3 Å². The summed E-state index contributed by atoms with van der Waals surface area (Å²) in [4.78, 5) is 20.2. The van der Waals surface area contributed by atoms with E-state index in [4.69, 9.17) is 4.74 Å². The molecule has 1 amide bonds. The summed E-state index contributed by atoms with van der Waals surface area (Å²) in [6.07, 6.45) is 6.68. The van der Waals surface area contributed by atoms with Crippen LogP contribution in [0.2, 0.25) is 0 Å². The second kappa shape index (κ2) is 6.55. The van der Waals surface area contributed by atoms with Gasteiger partial charge in [0, 0.05) is 25.4 Å². The molecule has 0 N–H and O–H groups in total. The lowest BCUT2D eigenvalue weighted by molar-refractivity contribution is 0.0683. The minimum atomic E-state index is 0.0161. The van der Waals surface area contributed by atoms with Gasteiger partial charge in [-0.25, -0.2) is 4.98 Å². The lowest BCUT2D eigenvalue weighted by atomic mass is 10.0. The van der Waals surface area contributed by atoms with Crippen LogP contribution in [0, 0.1) is 0 Å². The van der Waals surface area contributed by atoms with Crippen LogP contribution < -0.4 is 4.74 Å². The van der Waals surface area contributed by atoms with Crippen molar-refractivity contribution in [1.29, 1.82) is 0 Å². The number of ether oxygens (including phenoxy) is 1. The molecule has 0 atom stereocenters. The fraction of sp³-hybridized carbons (Fsp3) is 0.467. The van der Waals surface area contributed by atoms with Crippen molar-refractivity contribution in [3.63, 3.8) is 0 Å². The summed E-state index contributed by atoms with van der Waals surface area (Å²) >= 11 is 0. The molecule has 3 rings (SSSR count). The Kier molecular flexibility index (Phi) is 4.32. The zero-order valence-corrected chi connectivity index (χ0v) is 12.6. The minimum Gasteiger partial charge on any atom is -0.478 e. The molecule has 22 heavy (non-hydrogen) atoms. The first-order valence-electron chi connectivity index (χ1n) is 7.52. The van der Waals surface area contributed by atoms with Gasteiger partial charge >= 0.3 is 0 Å². The van der Waals surface area contributed by atoms with Crippen LogP contribution in [0.15, 0.2) is 30.7 Å². The number of hydrogen-bond donors (Lipinski definition) is 0. The van der Waals surface area contributed by atoms with E-state index >= 15 is 0 Å². The Hall–Kier alpha value is -2.44. The number of hydrogen-bond acceptors (Lipinski definition) is 5. The predicted octanol–water partition coefficient (Wildman–Crippen LogP) is 1.55. The number of amides is 1. The highest BCUT2D eigenvalue weighted by Crippen LogP contribution is 2.22. The Morgan fingerprint density at radius 3 is 2.59 bits per heavy atom. The van der Waals surface area contributed by atoms with E-state index in [1.165, 1.54) is 0 Å². The molecule has 2 aromatic heterocycles. The smallest absolute Gasteiger partial charge is 0.255 e. The van der Waals surface area contributed by atoms with Crippen molar-refractivity contribution in [2.24, 2.45) is 0 Å². The molecule has 116 valence electrons. The predicted molar refractivity (Wildman–Crippen MR) is 79.6 cm³/mol. The third-order valence-corrected chi connectivity index (χ3v) is 3.79. The van der Waals surface area contributed by atoms with E-state index in [-0.39, 0.29) is 11.9 Å². The van der Waals surface area contributed by atoms with Crippen LogP contribution >= 0.6 is 0 Å². The minimum absolute atomic E-state index is 0.0161. The third kappa shape index (κ3) is 3.08. The van der Waals surface area contributed by atoms with Crippen molar-refractivity contribution in [3.8, 4) is 5.88 Å². The monoisotopic (exact) mass is 301 g/mol. The molecule has 0 unspecified atom stereocenters. The number of likely N-dealkylation sites (tertiary alicyclic amines) is 1. The Morgan fingerprint density at radius 1 is 1.27 bits per heavy atom. The number of nitrogens with zero attached hydrogens (tertiary/aromatic N) is 5. The zero-order valence-electron chi connectivity index (χ0n) is 12.6. The second-order valence-corrected chi connectivity index (χ2v) is 5.19. The summed E-state index contributed by atoms with van der Waals surface area (Å²) in [6, 6.07) is 3.77. The van der Waals surface area contributed by atoms with E-state index in [1.807, 2.05) is 11.8 Å². The number of carbonyl (C=O) groups is 1. The molecule has 1 aliphatic heterocycles. The fourth-order valence-electron chi connectivity index (χ4n) is 2.64. The average Bonchev–Trinajstić information content (AvgIpc) is 3.10. The maximum Gasteiger partial charge on any atom is 0.255 e. The summed E-state index contributed by atoms with van der Waals surface area (Å²) in [5.74, 6) is 0.560. The summed E-state index contributed by atoms with van der Waals surface area (Å²) in [6.45, 7) is 3.88. The molecule has 0 aromatic carbocycles. The summed E-state index contributed by atoms with van der Waals surface area (Å²) in [5, 5.41) is 8.35. The number of pyridine rings is 1. The number of rotatable bonds is 4. The lowest BCUT2D eigenvalue weighted by Crippen LogP contribution is -2.39. The quantitative estimate of drug-likeness (QED) is 0.856. The van der Waals surface area contributed by atoms with Crippen LogP contribution in [-0.4, -0.2) is 50.5 Å². The Morgan fingerprint density at radius 2 is 2.00 bits per heavy atom. The van der Waals surface area contributed by atoms with Gasteiger partial charge in [0.05, 0.1) is 30.6 Å². The SMILES string of the molecule is CCOc1ccc(C(=O)N2CCC(n3nccn3)CC2)cn1. The first-order valence-corrected chi connectivity index (χ1v) is 7.52. The maximum absolute atomic E-state index is 12.5. The molecule has 0 spiro atoms. The standard InChI is InChI=1S/C15H19N5O2/c1-2-22-14-4-3-12(11-16-14)15(21)19-9-5-13(6-10-19)20-17-7-8-18-20/h3-4,7-8,11,13H,2,5-6,9-10H2,1H3. The molecule has 1 saturated heterocycles. The van der Waals surface area contributed by atoms with Gasteiger partial charge in [-0.15, -0.1) is 0 Å². The Balaban J connectivity index is 1.59. The molecular formula is C15H19N5O2. The number of piperidine rings is 1. The number of aromatic nitrogens is 4. The third-order valence-electron chi connectivity index (χ3n) is 3.79. The molecule has 3 heterocycles. The van der Waals surface area contributed by atoms with Gasteiger partial charge in [-0.3, -0.25) is 4.79 Å². The topological polar surface area (TPSA) is 73.1 Å². The lowest BCUT2D eigenvalue weighted by Gasteiger charge is -2.31. The molecule has 1 aliphatic rings. The van der Waals surface area contributed by atoms with E-state index < -0.39 is 0 Å². The van der Waals surface area contributed by atoms with E-state index in [1.54, 1.807) is 35.5 Å². The van der Waals surface area contributed by atoms with Crippen LogP contribution in [0.5, 0.6) is 5.88 Å². The zero-order chi connectivity index (χ0) is 15.4. The van der Waals surface area contributed by atoms with Gasteiger partial charge in [-0.05, 0) is 25.8 Å². The molecule has 7 nitrogen and oxygen atoms in total. The molecule has 2 aromatic rings. The normalized spacial score (nSPS) is 15.8. The van der Waals surface area contributed by atoms with Gasteiger partial charge in [0.1, 0.15) is 0 Å². The number of carbonyl (C=O) groups excluding carboxylic acids is 1. The van der Waals surface area contributed by atoms with E-state index in [2.05, 4.69) is 15.2 Å². The van der Waals surface area contributed by atoms with Crippen molar-refractivity contribution >= 4 is 5.91 Å². The molecule has 1 fully saturated rings. The molecule has 0 bridgehead atoms. The maximum atomic E-state index is 12.5. The van der Waals surface area contributed by atoms with Gasteiger partial charge in [0.2, 0.25) is 5.88 Å². The molecule has 7 heteroatoms. The van der Waals surface area contributed by atoms with Crippen molar-refractivity contribution < 1.29 is 9.53 Å². The van der Waals surface area contributed by atoms with Crippen molar-refractivity contribution in [2.75, 3.05) is 19.7 Å². The highest BCUT2D eigenvalue weighted by atomic mass is 16.5. The Labute approximate surface area is 128 Å². The fourth-order valence-corrected chi connectivity index (χ4v) is 2.64. The summed E-state index contributed by atoms with van der Waals surface area (Å²) in [5.41, 5.74) is 0.596. The largest absolute Gasteiger partial charge is 0.478 e. The van der Waals surface area contributed by atoms with Crippen LogP contribution in [-0.2, 0) is 0 Å². The van der Waals surface area contributed by atoms with Crippen molar-refractivity contribution in [1.82, 2.24) is 24.9 Å². The summed E-state index contributed by atoms with van der Waals surface area (Å²) < 4.78 is 5.29. The second-order valence-electron chi connectivity index (χ2n) is 5.19. The first kappa shape index (κ1) is 14.5.